The molecule has 0 aromatic carbocycles. The zero-order chi connectivity index (χ0) is 17.5. The van der Waals surface area contributed by atoms with Crippen molar-refractivity contribution in [2.45, 2.75) is 6.92 Å². The molecule has 26 heavy (non-hydrogen) atoms. The quantitative estimate of drug-likeness (QED) is 0.485. The summed E-state index contributed by atoms with van der Waals surface area (Å²) in [5, 5.41) is 8.68. The average molecular weight is 346 g/mol. The van der Waals surface area contributed by atoms with E-state index in [1.165, 1.54) is 0 Å². The Kier molecular flexibility index (Phi) is 3.11. The fourth-order valence-electron chi connectivity index (χ4n) is 2.67. The van der Waals surface area contributed by atoms with Crippen molar-refractivity contribution in [3.8, 4) is 34.4 Å². The molecule has 5 aromatic heterocycles. The van der Waals surface area contributed by atoms with Crippen LogP contribution in [0.15, 0.2) is 56.5 Å². The van der Waals surface area contributed by atoms with Crippen LogP contribution in [0.2, 0.25) is 0 Å². The third-order valence-corrected chi connectivity index (χ3v) is 3.84. The summed E-state index contributed by atoms with van der Waals surface area (Å²) in [4.78, 5) is 17.1. The third kappa shape index (κ3) is 2.25. The molecule has 0 saturated carbocycles. The summed E-state index contributed by atoms with van der Waals surface area (Å²) in [5.41, 5.74) is 2.79. The maximum atomic E-state index is 5.45. The molecule has 0 aliphatic carbocycles. The molecule has 0 saturated heterocycles. The van der Waals surface area contributed by atoms with Crippen molar-refractivity contribution >= 4 is 11.1 Å². The molecular formula is C17H10N6O3. The van der Waals surface area contributed by atoms with E-state index in [9.17, 15) is 0 Å². The van der Waals surface area contributed by atoms with Crippen molar-refractivity contribution in [1.29, 1.82) is 0 Å². The van der Waals surface area contributed by atoms with Crippen molar-refractivity contribution in [3.63, 3.8) is 0 Å². The summed E-state index contributed by atoms with van der Waals surface area (Å²) >= 11 is 0. The Balaban J connectivity index is 1.71. The zero-order valence-corrected chi connectivity index (χ0v) is 13.4. The van der Waals surface area contributed by atoms with E-state index in [4.69, 9.17) is 13.5 Å². The number of nitrogens with zero attached hydrogens (tertiary/aromatic N) is 6. The van der Waals surface area contributed by atoms with Crippen molar-refractivity contribution < 1.29 is 13.5 Å². The van der Waals surface area contributed by atoms with Crippen LogP contribution in [0.4, 0.5) is 0 Å². The normalized spacial score (nSPS) is 11.3. The van der Waals surface area contributed by atoms with Gasteiger partial charge in [-0.25, -0.2) is 9.97 Å². The fraction of sp³-hybridized carbons (Fsp3) is 0.0588. The van der Waals surface area contributed by atoms with Gasteiger partial charge in [-0.3, -0.25) is 4.98 Å². The van der Waals surface area contributed by atoms with E-state index in [-0.39, 0.29) is 0 Å². The smallest absolute Gasteiger partial charge is 0.259 e. The highest BCUT2D eigenvalue weighted by molar-refractivity contribution is 5.93. The summed E-state index contributed by atoms with van der Waals surface area (Å²) in [6.07, 6.45) is 6.28. The lowest BCUT2D eigenvalue weighted by Crippen LogP contribution is -1.89. The summed E-state index contributed by atoms with van der Waals surface area (Å²) in [7, 11) is 0. The van der Waals surface area contributed by atoms with Gasteiger partial charge in [-0.2, -0.15) is 4.98 Å². The highest BCUT2D eigenvalue weighted by Crippen LogP contribution is 2.33. The van der Waals surface area contributed by atoms with Crippen LogP contribution < -0.4 is 0 Å². The Labute approximate surface area is 145 Å². The number of fused-ring (bicyclic) bond motifs is 1. The summed E-state index contributed by atoms with van der Waals surface area (Å²) in [5.74, 6) is 1.24. The monoisotopic (exact) mass is 346 g/mol. The van der Waals surface area contributed by atoms with Crippen LogP contribution in [0.5, 0.6) is 0 Å². The number of aryl methyl sites for hydroxylation is 1. The molecule has 0 atom stereocenters. The molecule has 0 bridgehead atoms. The Hall–Kier alpha value is -3.88. The highest BCUT2D eigenvalue weighted by atomic mass is 16.5. The molecule has 5 aromatic rings. The minimum Gasteiger partial charge on any atom is -0.463 e. The van der Waals surface area contributed by atoms with Crippen LogP contribution in [0.25, 0.3) is 45.5 Å². The maximum absolute atomic E-state index is 5.45. The van der Waals surface area contributed by atoms with Crippen molar-refractivity contribution in [1.82, 2.24) is 30.2 Å². The van der Waals surface area contributed by atoms with Crippen molar-refractivity contribution in [2.24, 2.45) is 0 Å². The third-order valence-electron chi connectivity index (χ3n) is 3.84. The Morgan fingerprint density at radius 1 is 1.00 bits per heavy atom. The molecule has 0 radical (unpaired) electrons. The predicted octanol–water partition coefficient (Wildman–Crippen LogP) is 3.30. The van der Waals surface area contributed by atoms with E-state index >= 15 is 0 Å². The first-order valence-electron chi connectivity index (χ1n) is 7.71. The first-order valence-corrected chi connectivity index (χ1v) is 7.71. The van der Waals surface area contributed by atoms with E-state index in [1.807, 2.05) is 6.92 Å². The largest absolute Gasteiger partial charge is 0.463 e. The molecule has 0 spiro atoms. The first-order chi connectivity index (χ1) is 12.8. The van der Waals surface area contributed by atoms with E-state index in [0.29, 0.717) is 51.2 Å². The van der Waals surface area contributed by atoms with E-state index in [2.05, 4.69) is 30.2 Å². The minimum absolute atomic E-state index is 0.303. The molecule has 0 aliphatic rings. The molecule has 9 heteroatoms. The number of rotatable bonds is 3. The lowest BCUT2D eigenvalue weighted by molar-refractivity contribution is 0.432. The second-order valence-electron chi connectivity index (χ2n) is 5.49. The number of pyridine rings is 1. The van der Waals surface area contributed by atoms with Gasteiger partial charge in [-0.05, 0) is 25.1 Å². The van der Waals surface area contributed by atoms with E-state index in [0.717, 1.165) is 0 Å². The molecule has 0 aliphatic heterocycles. The van der Waals surface area contributed by atoms with Crippen LogP contribution in [0, 0.1) is 6.92 Å². The second kappa shape index (κ2) is 5.59. The summed E-state index contributed by atoms with van der Waals surface area (Å²) in [6, 6.07) is 5.39. The maximum Gasteiger partial charge on any atom is 0.259 e. The predicted molar refractivity (Wildman–Crippen MR) is 88.6 cm³/mol. The van der Waals surface area contributed by atoms with Crippen LogP contribution in [0.1, 0.15) is 5.69 Å². The van der Waals surface area contributed by atoms with Crippen LogP contribution in [-0.2, 0) is 0 Å². The number of aromatic nitrogens is 6. The molecule has 126 valence electrons. The van der Waals surface area contributed by atoms with Gasteiger partial charge in [-0.15, -0.1) is 0 Å². The molecule has 0 unspecified atom stereocenters. The summed E-state index contributed by atoms with van der Waals surface area (Å²) in [6.45, 7) is 1.82. The minimum atomic E-state index is 0.303. The zero-order valence-electron chi connectivity index (χ0n) is 13.4. The lowest BCUT2D eigenvalue weighted by atomic mass is 10.1. The number of hydrogen-bond acceptors (Lipinski definition) is 9. The van der Waals surface area contributed by atoms with Gasteiger partial charge >= 0.3 is 0 Å². The second-order valence-corrected chi connectivity index (χ2v) is 5.49. The molecule has 9 nitrogen and oxygen atoms in total. The van der Waals surface area contributed by atoms with Gasteiger partial charge in [0.25, 0.3) is 11.6 Å². The SMILES string of the molecule is Cc1noc2nc(-c3ccco3)cc(-c3nc(-c4cnccn4)no3)c12. The molecular weight excluding hydrogens is 336 g/mol. The molecule has 0 amide bonds. The summed E-state index contributed by atoms with van der Waals surface area (Å²) < 4.78 is 16.2. The van der Waals surface area contributed by atoms with Crippen molar-refractivity contribution in [3.05, 3.63) is 48.7 Å². The van der Waals surface area contributed by atoms with Crippen LogP contribution in [-0.4, -0.2) is 30.2 Å². The van der Waals surface area contributed by atoms with E-state index < -0.39 is 0 Å². The average Bonchev–Trinajstić information content (AvgIpc) is 3.43. The van der Waals surface area contributed by atoms with Gasteiger partial charge in [-0.1, -0.05) is 10.3 Å². The van der Waals surface area contributed by atoms with Crippen molar-refractivity contribution in [2.75, 3.05) is 0 Å². The van der Waals surface area contributed by atoms with Gasteiger partial charge in [0, 0.05) is 12.4 Å². The highest BCUT2D eigenvalue weighted by Gasteiger charge is 2.21. The number of hydrogen-bond donors (Lipinski definition) is 0. The topological polar surface area (TPSA) is 117 Å². The van der Waals surface area contributed by atoms with E-state index in [1.54, 1.807) is 43.1 Å². The van der Waals surface area contributed by atoms with Gasteiger partial charge in [0.1, 0.15) is 11.4 Å². The molecule has 5 rings (SSSR count). The molecule has 0 N–H and O–H groups in total. The van der Waals surface area contributed by atoms with Crippen LogP contribution >= 0.6 is 0 Å². The lowest BCUT2D eigenvalue weighted by Gasteiger charge is -2.01. The van der Waals surface area contributed by atoms with Gasteiger partial charge in [0.05, 0.1) is 29.1 Å². The van der Waals surface area contributed by atoms with Gasteiger partial charge < -0.3 is 13.5 Å². The Bertz CT molecular complexity index is 1190. The van der Waals surface area contributed by atoms with Gasteiger partial charge in [0.2, 0.25) is 5.82 Å². The first kappa shape index (κ1) is 14.5. The van der Waals surface area contributed by atoms with Crippen LogP contribution in [0.3, 0.4) is 0 Å². The fourth-order valence-corrected chi connectivity index (χ4v) is 2.67. The van der Waals surface area contributed by atoms with Gasteiger partial charge in [0.15, 0.2) is 5.76 Å². The molecule has 5 heterocycles. The Morgan fingerprint density at radius 2 is 1.96 bits per heavy atom. The standard InChI is InChI=1S/C17H10N6O3/c1-9-14-10(16-21-15(23-25-16)12-8-18-4-5-19-12)7-11(13-3-2-6-24-13)20-17(14)26-22-9/h2-8H,1H3. The molecule has 0 fully saturated rings. The number of furan rings is 1. The Morgan fingerprint density at radius 3 is 2.77 bits per heavy atom.